The lowest BCUT2D eigenvalue weighted by molar-refractivity contribution is 0.254. The Hall–Kier alpha value is -2.31. The molecule has 0 amide bonds. The predicted octanol–water partition coefficient (Wildman–Crippen LogP) is 2.29. The molecule has 0 spiro atoms. The highest BCUT2D eigenvalue weighted by molar-refractivity contribution is 5.57. The minimum atomic E-state index is -0.549. The molecule has 0 unspecified atom stereocenters. The van der Waals surface area contributed by atoms with Crippen molar-refractivity contribution in [3.05, 3.63) is 23.3 Å². The van der Waals surface area contributed by atoms with Gasteiger partial charge in [-0.3, -0.25) is 0 Å². The first-order valence-corrected chi connectivity index (χ1v) is 5.96. The maximum absolute atomic E-state index is 10.6. The van der Waals surface area contributed by atoms with Crippen molar-refractivity contribution in [3.8, 4) is 17.6 Å². The van der Waals surface area contributed by atoms with E-state index in [0.29, 0.717) is 17.1 Å². The fourth-order valence-corrected chi connectivity index (χ4v) is 2.38. The van der Waals surface area contributed by atoms with Crippen molar-refractivity contribution in [2.45, 2.75) is 24.8 Å². The number of hydrogen-bond donors (Lipinski definition) is 0. The van der Waals surface area contributed by atoms with Gasteiger partial charge in [-0.15, -0.1) is 0 Å². The van der Waals surface area contributed by atoms with Crippen LogP contribution in [-0.4, -0.2) is 20.3 Å². The van der Waals surface area contributed by atoms with Gasteiger partial charge in [-0.05, 0) is 37.0 Å². The summed E-state index contributed by atoms with van der Waals surface area (Å²) in [5.41, 5.74) is 0.632. The lowest BCUT2D eigenvalue weighted by atomic mass is 9.72. The molecule has 1 fully saturated rings. The third kappa shape index (κ3) is 2.07. The van der Waals surface area contributed by atoms with Crippen LogP contribution in [0.1, 0.15) is 30.4 Å². The molecule has 98 valence electrons. The maximum Gasteiger partial charge on any atom is 0.235 e. The highest BCUT2D eigenvalue weighted by Gasteiger charge is 2.40. The lowest BCUT2D eigenvalue weighted by Crippen LogP contribution is -2.32. The maximum atomic E-state index is 10.6. The second-order valence-electron chi connectivity index (χ2n) is 4.46. The first-order valence-electron chi connectivity index (χ1n) is 5.96. The topological polar surface area (TPSA) is 71.7 Å². The predicted molar refractivity (Wildman–Crippen MR) is 67.9 cm³/mol. The van der Waals surface area contributed by atoms with E-state index in [4.69, 9.17) is 9.47 Å². The average Bonchev–Trinajstić information content (AvgIpc) is 2.41. The van der Waals surface area contributed by atoms with Gasteiger partial charge in [0.1, 0.15) is 6.07 Å². The molecule has 0 radical (unpaired) electrons. The summed E-state index contributed by atoms with van der Waals surface area (Å²) >= 11 is 0. The van der Waals surface area contributed by atoms with Crippen molar-refractivity contribution < 1.29 is 14.3 Å². The van der Waals surface area contributed by atoms with Gasteiger partial charge in [-0.25, -0.2) is 4.79 Å². The number of isocyanates is 1. The highest BCUT2D eigenvalue weighted by Crippen LogP contribution is 2.47. The van der Waals surface area contributed by atoms with E-state index in [9.17, 15) is 10.1 Å². The zero-order valence-electron chi connectivity index (χ0n) is 10.9. The first-order chi connectivity index (χ1) is 9.20. The number of ether oxygens (including phenoxy) is 2. The molecular formula is C14H14N2O3. The second-order valence-corrected chi connectivity index (χ2v) is 4.46. The third-order valence-electron chi connectivity index (χ3n) is 3.58. The molecule has 0 atom stereocenters. The number of aliphatic imine (C=N–C) groups is 1. The van der Waals surface area contributed by atoms with E-state index < -0.39 is 5.54 Å². The molecule has 0 N–H and O–H groups in total. The van der Waals surface area contributed by atoms with E-state index in [1.54, 1.807) is 18.2 Å². The van der Waals surface area contributed by atoms with Gasteiger partial charge in [0.15, 0.2) is 11.5 Å². The molecule has 1 aliphatic rings. The molecule has 5 heteroatoms. The van der Waals surface area contributed by atoms with Crippen molar-refractivity contribution >= 4 is 6.08 Å². The summed E-state index contributed by atoms with van der Waals surface area (Å²) in [5.74, 6) is 0.877. The summed E-state index contributed by atoms with van der Waals surface area (Å²) in [4.78, 5) is 14.5. The van der Waals surface area contributed by atoms with Crippen molar-refractivity contribution in [1.82, 2.24) is 0 Å². The van der Waals surface area contributed by atoms with Crippen LogP contribution in [0.4, 0.5) is 0 Å². The van der Waals surface area contributed by atoms with E-state index in [2.05, 4.69) is 11.1 Å². The fourth-order valence-electron chi connectivity index (χ4n) is 2.38. The molecule has 1 saturated carbocycles. The zero-order valence-corrected chi connectivity index (χ0v) is 10.9. The van der Waals surface area contributed by atoms with E-state index in [1.165, 1.54) is 14.2 Å². The molecule has 0 saturated heterocycles. The van der Waals surface area contributed by atoms with Gasteiger partial charge in [0.25, 0.3) is 0 Å². The lowest BCUT2D eigenvalue weighted by Gasteiger charge is -2.37. The number of methoxy groups -OCH3 is 2. The molecule has 1 aromatic carbocycles. The van der Waals surface area contributed by atoms with Crippen molar-refractivity contribution in [3.63, 3.8) is 0 Å². The first kappa shape index (κ1) is 13.1. The molecule has 0 aromatic heterocycles. The smallest absolute Gasteiger partial charge is 0.235 e. The number of carbonyl (C=O) groups excluding carboxylic acids is 1. The average molecular weight is 258 g/mol. The second kappa shape index (κ2) is 5.13. The van der Waals surface area contributed by atoms with E-state index in [-0.39, 0.29) is 0 Å². The SMILES string of the molecule is COc1cc(C2(N=C=O)CCC2)cc(C#N)c1OC. The Morgan fingerprint density at radius 2 is 2.05 bits per heavy atom. The number of hydrogen-bond acceptors (Lipinski definition) is 5. The zero-order chi connectivity index (χ0) is 13.9. The monoisotopic (exact) mass is 258 g/mol. The minimum absolute atomic E-state index is 0.379. The van der Waals surface area contributed by atoms with Crippen LogP contribution in [0.3, 0.4) is 0 Å². The van der Waals surface area contributed by atoms with Gasteiger partial charge in [0, 0.05) is 0 Å². The van der Waals surface area contributed by atoms with Crippen LogP contribution in [0.15, 0.2) is 17.1 Å². The summed E-state index contributed by atoms with van der Waals surface area (Å²) in [7, 11) is 3.00. The van der Waals surface area contributed by atoms with Crippen molar-refractivity contribution in [2.75, 3.05) is 14.2 Å². The van der Waals surface area contributed by atoms with Crippen LogP contribution in [0.2, 0.25) is 0 Å². The highest BCUT2D eigenvalue weighted by atomic mass is 16.5. The van der Waals surface area contributed by atoms with Gasteiger partial charge in [-0.1, -0.05) is 0 Å². The Kier molecular flexibility index (Phi) is 3.55. The van der Waals surface area contributed by atoms with Crippen LogP contribution in [0.25, 0.3) is 0 Å². The molecule has 0 heterocycles. The van der Waals surface area contributed by atoms with Gasteiger partial charge < -0.3 is 9.47 Å². The fraction of sp³-hybridized carbons (Fsp3) is 0.429. The van der Waals surface area contributed by atoms with Gasteiger partial charge >= 0.3 is 0 Å². The molecule has 0 aliphatic heterocycles. The van der Waals surface area contributed by atoms with Crippen LogP contribution in [-0.2, 0) is 10.3 Å². The number of benzene rings is 1. The molecule has 19 heavy (non-hydrogen) atoms. The normalized spacial score (nSPS) is 15.6. The Bertz CT molecular complexity index is 579. The van der Waals surface area contributed by atoms with Crippen LogP contribution in [0, 0.1) is 11.3 Å². The summed E-state index contributed by atoms with van der Waals surface area (Å²) in [6.07, 6.45) is 4.19. The summed E-state index contributed by atoms with van der Waals surface area (Å²) in [5, 5.41) is 9.19. The van der Waals surface area contributed by atoms with Gasteiger partial charge in [-0.2, -0.15) is 10.3 Å². The quantitative estimate of drug-likeness (QED) is 0.613. The Morgan fingerprint density at radius 1 is 1.32 bits per heavy atom. The summed E-state index contributed by atoms with van der Waals surface area (Å²) in [6.45, 7) is 0. The summed E-state index contributed by atoms with van der Waals surface area (Å²) < 4.78 is 10.4. The largest absolute Gasteiger partial charge is 0.493 e. The standard InChI is InChI=1S/C14H14N2O3/c1-18-12-7-11(6-10(8-15)13(12)19-2)14(16-9-17)4-3-5-14/h6-7H,3-5H2,1-2H3. The third-order valence-corrected chi connectivity index (χ3v) is 3.58. The Labute approximate surface area is 111 Å². The Morgan fingerprint density at radius 3 is 2.47 bits per heavy atom. The minimum Gasteiger partial charge on any atom is -0.493 e. The van der Waals surface area contributed by atoms with Crippen LogP contribution >= 0.6 is 0 Å². The van der Waals surface area contributed by atoms with Crippen molar-refractivity contribution in [2.24, 2.45) is 4.99 Å². The summed E-state index contributed by atoms with van der Waals surface area (Å²) in [6, 6.07) is 5.57. The molecule has 1 aromatic rings. The number of nitriles is 1. The number of nitrogens with zero attached hydrogens (tertiary/aromatic N) is 2. The Balaban J connectivity index is 2.59. The van der Waals surface area contributed by atoms with Crippen molar-refractivity contribution in [1.29, 1.82) is 5.26 Å². The molecule has 5 nitrogen and oxygen atoms in total. The van der Waals surface area contributed by atoms with E-state index in [0.717, 1.165) is 24.8 Å². The van der Waals surface area contributed by atoms with E-state index in [1.807, 2.05) is 0 Å². The molecule has 0 bridgehead atoms. The molecule has 1 aliphatic carbocycles. The molecular weight excluding hydrogens is 244 g/mol. The van der Waals surface area contributed by atoms with Gasteiger partial charge in [0.05, 0.1) is 25.3 Å². The van der Waals surface area contributed by atoms with E-state index >= 15 is 0 Å². The molecule has 2 rings (SSSR count). The van der Waals surface area contributed by atoms with Gasteiger partial charge in [0.2, 0.25) is 6.08 Å². The van der Waals surface area contributed by atoms with Crippen LogP contribution < -0.4 is 9.47 Å². The number of rotatable bonds is 4. The van der Waals surface area contributed by atoms with Crippen LogP contribution in [0.5, 0.6) is 11.5 Å².